The van der Waals surface area contributed by atoms with Crippen molar-refractivity contribution >= 4 is 27.7 Å². The van der Waals surface area contributed by atoms with Crippen molar-refractivity contribution in [2.75, 3.05) is 70.7 Å². The average molecular weight is 1050 g/mol. The molecule has 0 bridgehead atoms. The molecule has 4 atom stereocenters. The van der Waals surface area contributed by atoms with Crippen LogP contribution in [0.1, 0.15) is 51.2 Å². The number of ether oxygens (including phenoxy) is 4. The summed E-state index contributed by atoms with van der Waals surface area (Å²) in [5.74, 6) is 0.553. The van der Waals surface area contributed by atoms with Crippen molar-refractivity contribution in [1.82, 2.24) is 14.8 Å². The third-order valence-electron chi connectivity index (χ3n) is 15.0. The molecule has 0 spiro atoms. The number of nitrogens with zero attached hydrogens (tertiary/aromatic N) is 4. The highest BCUT2D eigenvalue weighted by molar-refractivity contribution is 6.04. The molecule has 0 aliphatic carbocycles. The minimum atomic E-state index is -4.68. The number of hydrogen-bond acceptors (Lipinski definition) is 10. The highest BCUT2D eigenvalue weighted by Crippen LogP contribution is 2.57. The lowest BCUT2D eigenvalue weighted by atomic mass is 9.78. The highest BCUT2D eigenvalue weighted by atomic mass is 19.4. The summed E-state index contributed by atoms with van der Waals surface area (Å²) in [6.45, 7) is 2.10. The minimum Gasteiger partial charge on any atom is -0.508 e. The number of phenolic OH excluding ortho intramolecular Hbond substituents is 2. The monoisotopic (exact) mass is 1050 g/mol. The second-order valence-electron chi connectivity index (χ2n) is 19.9. The number of phenols is 2. The predicted octanol–water partition coefficient (Wildman–Crippen LogP) is 12.3. The van der Waals surface area contributed by atoms with Crippen LogP contribution < -0.4 is 23.8 Å². The normalized spacial score (nSPS) is 20.3. The topological polar surface area (TPSA) is 100.0 Å². The van der Waals surface area contributed by atoms with Gasteiger partial charge in [-0.15, -0.1) is 0 Å². The number of rotatable bonds is 12. The molecule has 18 heteroatoms. The number of anilines is 1. The fraction of sp³-hybridized carbons (Fsp3) is 0.293. The van der Waals surface area contributed by atoms with Crippen LogP contribution in [0.25, 0.3) is 33.2 Å². The Labute approximate surface area is 430 Å². The van der Waals surface area contributed by atoms with Crippen LogP contribution in [0.15, 0.2) is 128 Å². The molecule has 1 aromatic heterocycles. The van der Waals surface area contributed by atoms with Gasteiger partial charge >= 0.3 is 12.4 Å². The van der Waals surface area contributed by atoms with Gasteiger partial charge in [0.2, 0.25) is 0 Å². The molecule has 2 unspecified atom stereocenters. The molecule has 2 saturated heterocycles. The molecule has 12 rings (SSSR count). The summed E-state index contributed by atoms with van der Waals surface area (Å²) in [5, 5.41) is 21.9. The van der Waals surface area contributed by atoms with Gasteiger partial charge in [-0.25, -0.2) is 0 Å². The first-order valence-electron chi connectivity index (χ1n) is 24.9. The molecule has 0 amide bonds. The lowest BCUT2D eigenvalue weighted by molar-refractivity contribution is -0.138. The second-order valence-corrected chi connectivity index (χ2v) is 19.9. The maximum Gasteiger partial charge on any atom is 0.416 e. The lowest BCUT2D eigenvalue weighted by Crippen LogP contribution is -2.60. The van der Waals surface area contributed by atoms with E-state index < -0.39 is 54.4 Å². The molecule has 76 heavy (non-hydrogen) atoms. The standard InChI is InChI=1S/C58H48F8N4O6/c59-25-32-28-68(29-32)17-19-73-40-11-3-35(4-12-40)55-52-44-16-8-39(72)24-48(44)70-31-33(26-60)30-69(56(70)53(52)45-14-6-37(58(64,65)66)22-50(45)76-55)18-20-74-41-9-1-34(2-10-41)54-51-43-15-7-38(71)23-47(43)67-27-46(51)42-13-5-36(57(61,62)63)21-49(42)75-54/h1-16,21-24,27,32-33,54-56,71-72H,17-20,25-26,28-31H2/t33?,54-,55-,56?/m1/s1. The van der Waals surface area contributed by atoms with Crippen LogP contribution >= 0.6 is 0 Å². The van der Waals surface area contributed by atoms with Crippen LogP contribution in [0.4, 0.5) is 40.8 Å². The molecule has 6 heterocycles. The summed E-state index contributed by atoms with van der Waals surface area (Å²) in [6, 6.07) is 30.5. The smallest absolute Gasteiger partial charge is 0.416 e. The van der Waals surface area contributed by atoms with Gasteiger partial charge in [0.15, 0.2) is 6.10 Å². The average Bonchev–Trinajstić information content (AvgIpc) is 3.54. The summed E-state index contributed by atoms with van der Waals surface area (Å²) >= 11 is 0. The third kappa shape index (κ3) is 9.03. The number of aromatic hydroxyl groups is 2. The highest BCUT2D eigenvalue weighted by Gasteiger charge is 2.48. The van der Waals surface area contributed by atoms with Gasteiger partial charge in [-0.2, -0.15) is 26.3 Å². The predicted molar refractivity (Wildman–Crippen MR) is 268 cm³/mol. The Morgan fingerprint density at radius 1 is 0.566 bits per heavy atom. The van der Waals surface area contributed by atoms with E-state index >= 15 is 4.39 Å². The molecule has 5 aliphatic rings. The summed E-state index contributed by atoms with van der Waals surface area (Å²) in [7, 11) is 0. The van der Waals surface area contributed by atoms with Gasteiger partial charge in [-0.1, -0.05) is 30.3 Å². The molecule has 5 aliphatic heterocycles. The first-order chi connectivity index (χ1) is 36.6. The Morgan fingerprint density at radius 3 is 1.79 bits per heavy atom. The Hall–Kier alpha value is -7.57. The summed E-state index contributed by atoms with van der Waals surface area (Å²) < 4.78 is 138. The van der Waals surface area contributed by atoms with E-state index in [9.17, 15) is 40.9 Å². The van der Waals surface area contributed by atoms with Crippen molar-refractivity contribution in [1.29, 1.82) is 0 Å². The maximum atomic E-state index is 15.0. The van der Waals surface area contributed by atoms with E-state index in [0.29, 0.717) is 104 Å². The zero-order chi connectivity index (χ0) is 52.6. The molecule has 0 radical (unpaired) electrons. The van der Waals surface area contributed by atoms with Crippen LogP contribution in [-0.4, -0.2) is 97.0 Å². The van der Waals surface area contributed by atoms with E-state index in [4.69, 9.17) is 18.9 Å². The SMILES string of the molecule is Oc1ccc2c(c1)N1CC(CF)CN(CCOc3ccc([C@H]4Oc5cc(C(F)(F)F)ccc5-c5cnc6cc(O)ccc6c54)cc3)C1C1=C2[C@@H](c2ccc(OCCN3CC(CF)C3)cc2)Oc2cc(C(F)(F)F)ccc21. The van der Waals surface area contributed by atoms with Crippen LogP contribution in [0, 0.1) is 11.8 Å². The molecule has 7 aromatic rings. The molecular formula is C58H48F8N4O6. The van der Waals surface area contributed by atoms with Gasteiger partial charge in [0.25, 0.3) is 0 Å². The van der Waals surface area contributed by atoms with E-state index in [-0.39, 0.29) is 61.8 Å². The second kappa shape index (κ2) is 19.2. The molecule has 0 saturated carbocycles. The number of benzene rings is 6. The van der Waals surface area contributed by atoms with E-state index in [1.807, 2.05) is 21.9 Å². The zero-order valence-corrected chi connectivity index (χ0v) is 40.4. The van der Waals surface area contributed by atoms with E-state index in [0.717, 1.165) is 24.3 Å². The van der Waals surface area contributed by atoms with Crippen molar-refractivity contribution in [2.45, 2.75) is 30.7 Å². The van der Waals surface area contributed by atoms with Crippen molar-refractivity contribution in [3.8, 4) is 45.6 Å². The van der Waals surface area contributed by atoms with Gasteiger partial charge in [0.05, 0.1) is 30.0 Å². The molecule has 10 nitrogen and oxygen atoms in total. The van der Waals surface area contributed by atoms with Gasteiger partial charge in [-0.05, 0) is 90.0 Å². The Kier molecular flexibility index (Phi) is 12.5. The number of aromatic nitrogens is 1. The maximum absolute atomic E-state index is 15.0. The summed E-state index contributed by atoms with van der Waals surface area (Å²) in [5.41, 5.74) is 4.60. The van der Waals surface area contributed by atoms with Crippen LogP contribution in [0.3, 0.4) is 0 Å². The van der Waals surface area contributed by atoms with Crippen molar-refractivity contribution in [3.63, 3.8) is 0 Å². The van der Waals surface area contributed by atoms with Crippen molar-refractivity contribution in [2.24, 2.45) is 11.8 Å². The van der Waals surface area contributed by atoms with Crippen LogP contribution in [-0.2, 0) is 12.4 Å². The van der Waals surface area contributed by atoms with Gasteiger partial charge in [-0.3, -0.25) is 23.6 Å². The first kappa shape index (κ1) is 49.3. The Bertz CT molecular complexity index is 3380. The number of fused-ring (bicyclic) bond motifs is 12. The van der Waals surface area contributed by atoms with Gasteiger partial charge in [0.1, 0.15) is 60.0 Å². The molecule has 392 valence electrons. The van der Waals surface area contributed by atoms with E-state index in [1.165, 1.54) is 30.3 Å². The molecule has 2 fully saturated rings. The zero-order valence-electron chi connectivity index (χ0n) is 40.4. The first-order valence-corrected chi connectivity index (χ1v) is 24.9. The summed E-state index contributed by atoms with van der Waals surface area (Å²) in [6.07, 6.45) is -10.2. The van der Waals surface area contributed by atoms with Crippen molar-refractivity contribution in [3.05, 3.63) is 166 Å². The minimum absolute atomic E-state index is 0.00805. The fourth-order valence-corrected chi connectivity index (χ4v) is 11.4. The van der Waals surface area contributed by atoms with E-state index in [2.05, 4.69) is 9.88 Å². The Balaban J connectivity index is 0.856. The number of pyridine rings is 1. The molecule has 6 aromatic carbocycles. The quantitative estimate of drug-likeness (QED) is 0.115. The largest absolute Gasteiger partial charge is 0.508 e. The third-order valence-corrected chi connectivity index (χ3v) is 15.0. The van der Waals surface area contributed by atoms with Gasteiger partial charge < -0.3 is 34.1 Å². The van der Waals surface area contributed by atoms with Gasteiger partial charge in [0, 0.05) is 119 Å². The van der Waals surface area contributed by atoms with Crippen molar-refractivity contribution < 1.29 is 64.3 Å². The van der Waals surface area contributed by atoms with Crippen LogP contribution in [0.5, 0.6) is 34.5 Å². The fourth-order valence-electron chi connectivity index (χ4n) is 11.4. The number of likely N-dealkylation sites (tertiary alicyclic amines) is 1. The number of halogens is 8. The number of alkyl halides is 8. The van der Waals surface area contributed by atoms with Crippen LogP contribution in [0.2, 0.25) is 0 Å². The van der Waals surface area contributed by atoms with E-state index in [1.54, 1.807) is 60.8 Å². The molecule has 2 N–H and O–H groups in total. The lowest BCUT2D eigenvalue weighted by Gasteiger charge is -2.53. The molecular weight excluding hydrogens is 1000 g/mol. The Morgan fingerprint density at radius 2 is 1.13 bits per heavy atom. The number of hydrogen-bond donors (Lipinski definition) is 2. The summed E-state index contributed by atoms with van der Waals surface area (Å²) in [4.78, 5) is 10.7.